The van der Waals surface area contributed by atoms with Gasteiger partial charge in [-0.15, -0.1) is 0 Å². The van der Waals surface area contributed by atoms with Gasteiger partial charge in [-0.1, -0.05) is 29.8 Å². The fourth-order valence-electron chi connectivity index (χ4n) is 1.73. The highest BCUT2D eigenvalue weighted by Gasteiger charge is 2.07. The van der Waals surface area contributed by atoms with Crippen LogP contribution in [0.25, 0.3) is 5.57 Å². The van der Waals surface area contributed by atoms with Crippen LogP contribution in [0.1, 0.15) is 30.4 Å². The van der Waals surface area contributed by atoms with Gasteiger partial charge >= 0.3 is 0 Å². The Morgan fingerprint density at radius 3 is 2.77 bits per heavy atom. The first-order valence-corrected chi connectivity index (χ1v) is 5.11. The standard InChI is InChI=1S/C12H13Cl/c1-9-6-7-11(8-12(9)13)10-4-2-3-5-10/h4,6-8H,2-3,5H2,1H3. The number of benzene rings is 1. The van der Waals surface area contributed by atoms with Gasteiger partial charge in [-0.2, -0.15) is 0 Å². The number of hydrogen-bond acceptors (Lipinski definition) is 0. The number of aryl methyl sites for hydroxylation is 1. The van der Waals surface area contributed by atoms with Crippen LogP contribution in [0.5, 0.6) is 0 Å². The second-order valence-electron chi connectivity index (χ2n) is 3.59. The van der Waals surface area contributed by atoms with E-state index in [0.717, 1.165) is 10.6 Å². The van der Waals surface area contributed by atoms with Gasteiger partial charge in [0, 0.05) is 5.02 Å². The van der Waals surface area contributed by atoms with E-state index in [1.165, 1.54) is 30.4 Å². The van der Waals surface area contributed by atoms with Crippen LogP contribution in [0, 0.1) is 6.92 Å². The summed E-state index contributed by atoms with van der Waals surface area (Å²) in [7, 11) is 0. The predicted octanol–water partition coefficient (Wildman–Crippen LogP) is 4.22. The van der Waals surface area contributed by atoms with Crippen LogP contribution >= 0.6 is 11.6 Å². The topological polar surface area (TPSA) is 0 Å². The number of allylic oxidation sites excluding steroid dienone is 2. The van der Waals surface area contributed by atoms with Crippen molar-refractivity contribution in [2.75, 3.05) is 0 Å². The SMILES string of the molecule is Cc1ccc(C2=CCCC2)cc1Cl. The summed E-state index contributed by atoms with van der Waals surface area (Å²) in [5.74, 6) is 0. The van der Waals surface area contributed by atoms with Crippen LogP contribution in [0.4, 0.5) is 0 Å². The average Bonchev–Trinajstić information content (AvgIpc) is 2.62. The summed E-state index contributed by atoms with van der Waals surface area (Å²) in [6, 6.07) is 6.34. The molecule has 68 valence electrons. The van der Waals surface area contributed by atoms with Crippen molar-refractivity contribution in [3.63, 3.8) is 0 Å². The van der Waals surface area contributed by atoms with Crippen LogP contribution in [0.15, 0.2) is 24.3 Å². The third-order valence-electron chi connectivity index (χ3n) is 2.58. The minimum atomic E-state index is 0.880. The van der Waals surface area contributed by atoms with Gasteiger partial charge in [0.15, 0.2) is 0 Å². The summed E-state index contributed by atoms with van der Waals surface area (Å²) >= 11 is 6.07. The zero-order valence-electron chi connectivity index (χ0n) is 7.81. The van der Waals surface area contributed by atoms with Crippen molar-refractivity contribution in [1.29, 1.82) is 0 Å². The molecule has 0 radical (unpaired) electrons. The molecule has 0 bridgehead atoms. The summed E-state index contributed by atoms with van der Waals surface area (Å²) in [6.45, 7) is 2.04. The van der Waals surface area contributed by atoms with Gasteiger partial charge in [0.2, 0.25) is 0 Å². The van der Waals surface area contributed by atoms with Gasteiger partial charge in [-0.3, -0.25) is 0 Å². The normalized spacial score (nSPS) is 16.0. The van der Waals surface area contributed by atoms with Crippen molar-refractivity contribution in [2.45, 2.75) is 26.2 Å². The van der Waals surface area contributed by atoms with Gasteiger partial charge in [-0.25, -0.2) is 0 Å². The molecule has 2 rings (SSSR count). The van der Waals surface area contributed by atoms with Crippen LogP contribution in [0.3, 0.4) is 0 Å². The molecule has 0 atom stereocenters. The third-order valence-corrected chi connectivity index (χ3v) is 2.99. The van der Waals surface area contributed by atoms with E-state index in [2.05, 4.69) is 24.3 Å². The lowest BCUT2D eigenvalue weighted by atomic mass is 10.0. The van der Waals surface area contributed by atoms with E-state index in [1.807, 2.05) is 6.92 Å². The Bertz CT molecular complexity index is 350. The lowest BCUT2D eigenvalue weighted by Crippen LogP contribution is -1.82. The molecule has 1 heteroatoms. The van der Waals surface area contributed by atoms with Crippen LogP contribution in [0.2, 0.25) is 5.02 Å². The van der Waals surface area contributed by atoms with E-state index in [0.29, 0.717) is 0 Å². The molecule has 1 aromatic carbocycles. The molecule has 13 heavy (non-hydrogen) atoms. The molecule has 1 aromatic rings. The van der Waals surface area contributed by atoms with Crippen molar-refractivity contribution in [3.8, 4) is 0 Å². The van der Waals surface area contributed by atoms with Crippen molar-refractivity contribution < 1.29 is 0 Å². The molecule has 0 unspecified atom stereocenters. The maximum absolute atomic E-state index is 6.07. The molecule has 0 fully saturated rings. The van der Waals surface area contributed by atoms with Gasteiger partial charge in [0.05, 0.1) is 0 Å². The molecule has 0 aromatic heterocycles. The van der Waals surface area contributed by atoms with E-state index >= 15 is 0 Å². The van der Waals surface area contributed by atoms with Crippen LogP contribution in [-0.4, -0.2) is 0 Å². The van der Waals surface area contributed by atoms with Gasteiger partial charge in [-0.05, 0) is 49.0 Å². The molecule has 0 amide bonds. The quantitative estimate of drug-likeness (QED) is 0.625. The number of hydrogen-bond donors (Lipinski definition) is 0. The molecule has 0 N–H and O–H groups in total. The molecule has 0 spiro atoms. The first kappa shape index (κ1) is 8.83. The Balaban J connectivity index is 2.36. The van der Waals surface area contributed by atoms with Crippen molar-refractivity contribution >= 4 is 17.2 Å². The van der Waals surface area contributed by atoms with E-state index in [9.17, 15) is 0 Å². The van der Waals surface area contributed by atoms with Gasteiger partial charge < -0.3 is 0 Å². The first-order valence-electron chi connectivity index (χ1n) is 4.73. The lowest BCUT2D eigenvalue weighted by Gasteiger charge is -2.04. The Hall–Kier alpha value is -0.750. The second kappa shape index (κ2) is 3.55. The van der Waals surface area contributed by atoms with E-state index in [1.54, 1.807) is 0 Å². The van der Waals surface area contributed by atoms with Crippen molar-refractivity contribution in [1.82, 2.24) is 0 Å². The molecular formula is C12H13Cl. The molecule has 0 saturated carbocycles. The zero-order chi connectivity index (χ0) is 9.26. The predicted molar refractivity (Wildman–Crippen MR) is 58.0 cm³/mol. The average molecular weight is 193 g/mol. The third kappa shape index (κ3) is 1.78. The first-order chi connectivity index (χ1) is 6.27. The highest BCUT2D eigenvalue weighted by atomic mass is 35.5. The fourth-order valence-corrected chi connectivity index (χ4v) is 1.91. The van der Waals surface area contributed by atoms with E-state index in [-0.39, 0.29) is 0 Å². The Morgan fingerprint density at radius 1 is 1.31 bits per heavy atom. The molecule has 0 aliphatic heterocycles. The minimum absolute atomic E-state index is 0.880. The summed E-state index contributed by atoms with van der Waals surface area (Å²) in [5.41, 5.74) is 3.92. The highest BCUT2D eigenvalue weighted by Crippen LogP contribution is 2.29. The summed E-state index contributed by atoms with van der Waals surface area (Å²) in [6.07, 6.45) is 6.04. The monoisotopic (exact) mass is 192 g/mol. The van der Waals surface area contributed by atoms with Gasteiger partial charge in [0.1, 0.15) is 0 Å². The second-order valence-corrected chi connectivity index (χ2v) is 3.99. The Morgan fingerprint density at radius 2 is 2.15 bits per heavy atom. The maximum Gasteiger partial charge on any atom is 0.0441 e. The fraction of sp³-hybridized carbons (Fsp3) is 0.333. The Labute approximate surface area is 84.2 Å². The van der Waals surface area contributed by atoms with Gasteiger partial charge in [0.25, 0.3) is 0 Å². The molecule has 0 saturated heterocycles. The minimum Gasteiger partial charge on any atom is -0.0840 e. The largest absolute Gasteiger partial charge is 0.0840 e. The lowest BCUT2D eigenvalue weighted by molar-refractivity contribution is 0.935. The zero-order valence-corrected chi connectivity index (χ0v) is 8.56. The van der Waals surface area contributed by atoms with Crippen molar-refractivity contribution in [2.24, 2.45) is 0 Å². The molecule has 1 aliphatic rings. The molecular weight excluding hydrogens is 180 g/mol. The number of rotatable bonds is 1. The van der Waals surface area contributed by atoms with Crippen LogP contribution < -0.4 is 0 Å². The van der Waals surface area contributed by atoms with Crippen molar-refractivity contribution in [3.05, 3.63) is 40.4 Å². The molecule has 0 nitrogen and oxygen atoms in total. The molecule has 0 heterocycles. The van der Waals surface area contributed by atoms with E-state index < -0.39 is 0 Å². The smallest absolute Gasteiger partial charge is 0.0441 e. The van der Waals surface area contributed by atoms with E-state index in [4.69, 9.17) is 11.6 Å². The Kier molecular flexibility index (Phi) is 2.41. The summed E-state index contributed by atoms with van der Waals surface area (Å²) < 4.78 is 0. The summed E-state index contributed by atoms with van der Waals surface area (Å²) in [4.78, 5) is 0. The maximum atomic E-state index is 6.07. The summed E-state index contributed by atoms with van der Waals surface area (Å²) in [5, 5.41) is 0.880. The molecule has 1 aliphatic carbocycles. The number of halogens is 1. The highest BCUT2D eigenvalue weighted by molar-refractivity contribution is 6.31. The van der Waals surface area contributed by atoms with Crippen LogP contribution in [-0.2, 0) is 0 Å².